The van der Waals surface area contributed by atoms with Gasteiger partial charge in [-0.1, -0.05) is 0 Å². The summed E-state index contributed by atoms with van der Waals surface area (Å²) in [5.74, 6) is 1.51. The van der Waals surface area contributed by atoms with E-state index in [1.807, 2.05) is 26.0 Å². The molecular formula is C14H19N3O2. The molecule has 0 radical (unpaired) electrons. The van der Waals surface area contributed by atoms with E-state index in [4.69, 9.17) is 15.2 Å². The number of hydrogen-bond acceptors (Lipinski definition) is 4. The Morgan fingerprint density at radius 3 is 2.47 bits per heavy atom. The Labute approximate surface area is 112 Å². The molecule has 0 amide bonds. The summed E-state index contributed by atoms with van der Waals surface area (Å²) in [6.07, 6.45) is 0. The number of aromatic nitrogens is 2. The number of nitrogens with zero attached hydrogens (tertiary/aromatic N) is 1. The zero-order valence-electron chi connectivity index (χ0n) is 11.7. The maximum atomic E-state index is 5.67. The van der Waals surface area contributed by atoms with Crippen molar-refractivity contribution in [3.05, 3.63) is 29.0 Å². The third-order valence-electron chi connectivity index (χ3n) is 3.28. The monoisotopic (exact) mass is 261 g/mol. The number of methoxy groups -OCH3 is 2. The van der Waals surface area contributed by atoms with Gasteiger partial charge in [0.2, 0.25) is 0 Å². The number of aryl methyl sites for hydroxylation is 1. The predicted octanol–water partition coefficient (Wildman–Crippen LogP) is 2.17. The lowest BCUT2D eigenvalue weighted by Gasteiger charge is -2.13. The predicted molar refractivity (Wildman–Crippen MR) is 74.5 cm³/mol. The molecule has 0 saturated carbocycles. The number of H-pyrrole nitrogens is 1. The molecule has 0 aliphatic rings. The Balaban J connectivity index is 2.63. The van der Waals surface area contributed by atoms with E-state index in [-0.39, 0.29) is 0 Å². The van der Waals surface area contributed by atoms with Crippen LogP contribution >= 0.6 is 0 Å². The molecule has 1 heterocycles. The first-order valence-electron chi connectivity index (χ1n) is 6.09. The SMILES string of the molecule is COc1cc(C)c(-c2n[nH]c(CN)c2C)c(OC)c1. The van der Waals surface area contributed by atoms with Gasteiger partial charge in [0.05, 0.1) is 25.6 Å². The highest BCUT2D eigenvalue weighted by Crippen LogP contribution is 2.37. The van der Waals surface area contributed by atoms with E-state index in [0.717, 1.165) is 39.6 Å². The van der Waals surface area contributed by atoms with Gasteiger partial charge in [-0.05, 0) is 31.0 Å². The van der Waals surface area contributed by atoms with Crippen molar-refractivity contribution in [3.8, 4) is 22.8 Å². The van der Waals surface area contributed by atoms with Gasteiger partial charge >= 0.3 is 0 Å². The number of nitrogens with two attached hydrogens (primary N) is 1. The number of nitrogens with one attached hydrogen (secondary N) is 1. The van der Waals surface area contributed by atoms with Crippen LogP contribution in [-0.2, 0) is 6.54 Å². The highest BCUT2D eigenvalue weighted by Gasteiger charge is 2.17. The molecule has 2 aromatic rings. The summed E-state index contributed by atoms with van der Waals surface area (Å²) in [6.45, 7) is 4.46. The number of ether oxygens (including phenoxy) is 2. The molecule has 0 fully saturated rings. The van der Waals surface area contributed by atoms with E-state index in [2.05, 4.69) is 10.2 Å². The standard InChI is InChI=1S/C14H19N3O2/c1-8-5-10(18-3)6-12(19-4)13(8)14-9(2)11(7-15)16-17-14/h5-6H,7,15H2,1-4H3,(H,16,17). The maximum absolute atomic E-state index is 5.67. The minimum atomic E-state index is 0.441. The van der Waals surface area contributed by atoms with Crippen molar-refractivity contribution in [1.29, 1.82) is 0 Å². The summed E-state index contributed by atoms with van der Waals surface area (Å²) in [6, 6.07) is 3.83. The third kappa shape index (κ3) is 2.29. The third-order valence-corrected chi connectivity index (χ3v) is 3.28. The molecule has 5 nitrogen and oxygen atoms in total. The highest BCUT2D eigenvalue weighted by atomic mass is 16.5. The van der Waals surface area contributed by atoms with Crippen LogP contribution in [0.25, 0.3) is 11.3 Å². The molecule has 0 spiro atoms. The first-order valence-corrected chi connectivity index (χ1v) is 6.09. The second-order valence-corrected chi connectivity index (χ2v) is 4.40. The van der Waals surface area contributed by atoms with E-state index in [9.17, 15) is 0 Å². The largest absolute Gasteiger partial charge is 0.497 e. The van der Waals surface area contributed by atoms with Gasteiger partial charge in [-0.2, -0.15) is 5.10 Å². The molecule has 0 aliphatic heterocycles. The first kappa shape index (κ1) is 13.4. The van der Waals surface area contributed by atoms with Crippen LogP contribution in [0.3, 0.4) is 0 Å². The van der Waals surface area contributed by atoms with Gasteiger partial charge in [0.15, 0.2) is 0 Å². The normalized spacial score (nSPS) is 10.6. The smallest absolute Gasteiger partial charge is 0.132 e. The Morgan fingerprint density at radius 1 is 1.21 bits per heavy atom. The maximum Gasteiger partial charge on any atom is 0.132 e. The van der Waals surface area contributed by atoms with E-state index < -0.39 is 0 Å². The minimum Gasteiger partial charge on any atom is -0.497 e. The fraction of sp³-hybridized carbons (Fsp3) is 0.357. The summed E-state index contributed by atoms with van der Waals surface area (Å²) < 4.78 is 10.7. The zero-order valence-corrected chi connectivity index (χ0v) is 11.7. The Kier molecular flexibility index (Phi) is 3.76. The second kappa shape index (κ2) is 5.32. The van der Waals surface area contributed by atoms with Gasteiger partial charge in [0, 0.05) is 18.2 Å². The average Bonchev–Trinajstić information content (AvgIpc) is 2.78. The molecule has 0 unspecified atom stereocenters. The Hall–Kier alpha value is -2.01. The summed E-state index contributed by atoms with van der Waals surface area (Å²) >= 11 is 0. The molecule has 0 bridgehead atoms. The van der Waals surface area contributed by atoms with Crippen molar-refractivity contribution in [3.63, 3.8) is 0 Å². The van der Waals surface area contributed by atoms with E-state index >= 15 is 0 Å². The van der Waals surface area contributed by atoms with Crippen molar-refractivity contribution in [2.75, 3.05) is 14.2 Å². The minimum absolute atomic E-state index is 0.441. The van der Waals surface area contributed by atoms with Crippen LogP contribution in [0.1, 0.15) is 16.8 Å². The van der Waals surface area contributed by atoms with E-state index in [1.54, 1.807) is 14.2 Å². The van der Waals surface area contributed by atoms with E-state index in [0.29, 0.717) is 6.54 Å². The van der Waals surface area contributed by atoms with Crippen molar-refractivity contribution >= 4 is 0 Å². The lowest BCUT2D eigenvalue weighted by molar-refractivity contribution is 0.395. The molecular weight excluding hydrogens is 242 g/mol. The van der Waals surface area contributed by atoms with Gasteiger partial charge in [0.1, 0.15) is 11.5 Å². The number of hydrogen-bond donors (Lipinski definition) is 2. The fourth-order valence-corrected chi connectivity index (χ4v) is 2.18. The van der Waals surface area contributed by atoms with Crippen molar-refractivity contribution in [1.82, 2.24) is 10.2 Å². The number of aromatic amines is 1. The molecule has 5 heteroatoms. The number of benzene rings is 1. The molecule has 102 valence electrons. The van der Waals surface area contributed by atoms with Crippen molar-refractivity contribution < 1.29 is 9.47 Å². The summed E-state index contributed by atoms with van der Waals surface area (Å²) in [4.78, 5) is 0. The summed E-state index contributed by atoms with van der Waals surface area (Å²) in [5.41, 5.74) is 10.6. The number of rotatable bonds is 4. The van der Waals surface area contributed by atoms with Crippen molar-refractivity contribution in [2.45, 2.75) is 20.4 Å². The molecule has 2 rings (SSSR count). The first-order chi connectivity index (χ1) is 9.12. The molecule has 19 heavy (non-hydrogen) atoms. The van der Waals surface area contributed by atoms with Crippen molar-refractivity contribution in [2.24, 2.45) is 5.73 Å². The molecule has 1 aromatic heterocycles. The lowest BCUT2D eigenvalue weighted by atomic mass is 10.0. The fourth-order valence-electron chi connectivity index (χ4n) is 2.18. The Morgan fingerprint density at radius 2 is 1.95 bits per heavy atom. The van der Waals surface area contributed by atoms with Gasteiger partial charge in [-0.15, -0.1) is 0 Å². The topological polar surface area (TPSA) is 73.2 Å². The zero-order chi connectivity index (χ0) is 14.0. The summed E-state index contributed by atoms with van der Waals surface area (Å²) in [7, 11) is 3.28. The molecule has 0 atom stereocenters. The highest BCUT2D eigenvalue weighted by molar-refractivity contribution is 5.75. The van der Waals surface area contributed by atoms with Crippen LogP contribution in [0.15, 0.2) is 12.1 Å². The van der Waals surface area contributed by atoms with Gasteiger partial charge in [-0.25, -0.2) is 0 Å². The molecule has 3 N–H and O–H groups in total. The molecule has 0 aliphatic carbocycles. The van der Waals surface area contributed by atoms with Crippen LogP contribution in [0.4, 0.5) is 0 Å². The average molecular weight is 261 g/mol. The van der Waals surface area contributed by atoms with Gasteiger partial charge in [-0.3, -0.25) is 5.10 Å². The lowest BCUT2D eigenvalue weighted by Crippen LogP contribution is -1.98. The van der Waals surface area contributed by atoms with E-state index in [1.165, 1.54) is 0 Å². The van der Waals surface area contributed by atoms with Crippen LogP contribution in [0.2, 0.25) is 0 Å². The second-order valence-electron chi connectivity index (χ2n) is 4.40. The quantitative estimate of drug-likeness (QED) is 0.884. The Bertz CT molecular complexity index is 591. The summed E-state index contributed by atoms with van der Waals surface area (Å²) in [5, 5.41) is 7.32. The van der Waals surface area contributed by atoms with Crippen LogP contribution in [0, 0.1) is 13.8 Å². The van der Waals surface area contributed by atoms with Gasteiger partial charge < -0.3 is 15.2 Å². The molecule has 0 saturated heterocycles. The van der Waals surface area contributed by atoms with Crippen LogP contribution in [0.5, 0.6) is 11.5 Å². The van der Waals surface area contributed by atoms with Gasteiger partial charge in [0.25, 0.3) is 0 Å². The molecule has 1 aromatic carbocycles. The van der Waals surface area contributed by atoms with Crippen LogP contribution < -0.4 is 15.2 Å². The van der Waals surface area contributed by atoms with Crippen LogP contribution in [-0.4, -0.2) is 24.4 Å².